The van der Waals surface area contributed by atoms with Gasteiger partial charge < -0.3 is 10.6 Å². The zero-order valence-electron chi connectivity index (χ0n) is 15.8. The second-order valence-corrected chi connectivity index (χ2v) is 8.18. The molecular formula is C22H26N2O2. The van der Waals surface area contributed by atoms with Crippen molar-refractivity contribution in [3.05, 3.63) is 59.7 Å². The van der Waals surface area contributed by atoms with Gasteiger partial charge in [0.05, 0.1) is 0 Å². The van der Waals surface area contributed by atoms with E-state index < -0.39 is 5.41 Å². The molecule has 2 aromatic carbocycles. The maximum absolute atomic E-state index is 12.7. The molecule has 0 saturated heterocycles. The number of benzene rings is 2. The molecule has 0 spiro atoms. The molecule has 1 saturated carbocycles. The van der Waals surface area contributed by atoms with E-state index in [4.69, 9.17) is 0 Å². The van der Waals surface area contributed by atoms with Gasteiger partial charge in [0.25, 0.3) is 0 Å². The molecular weight excluding hydrogens is 324 g/mol. The molecule has 1 fully saturated rings. The van der Waals surface area contributed by atoms with Crippen LogP contribution in [0.4, 0.5) is 11.4 Å². The molecule has 136 valence electrons. The molecule has 0 atom stereocenters. The Morgan fingerprint density at radius 3 is 1.62 bits per heavy atom. The highest BCUT2D eigenvalue weighted by Crippen LogP contribution is 2.47. The molecule has 0 aromatic heterocycles. The maximum Gasteiger partial charge on any atom is 0.240 e. The Kier molecular flexibility index (Phi) is 4.61. The quantitative estimate of drug-likeness (QED) is 0.789. The fraction of sp³-hybridized carbons (Fsp3) is 0.364. The lowest BCUT2D eigenvalue weighted by Crippen LogP contribution is -2.35. The van der Waals surface area contributed by atoms with E-state index in [1.807, 2.05) is 55.5 Å². The Labute approximate surface area is 155 Å². The molecule has 0 bridgehead atoms. The van der Waals surface area contributed by atoms with E-state index in [0.29, 0.717) is 18.5 Å². The Hall–Kier alpha value is -2.62. The molecule has 2 aromatic rings. The second kappa shape index (κ2) is 6.60. The Morgan fingerprint density at radius 2 is 1.23 bits per heavy atom. The van der Waals surface area contributed by atoms with Gasteiger partial charge in [-0.25, -0.2) is 0 Å². The van der Waals surface area contributed by atoms with Crippen molar-refractivity contribution in [3.63, 3.8) is 0 Å². The predicted molar refractivity (Wildman–Crippen MR) is 105 cm³/mol. The number of nitrogens with one attached hydrogen (secondary N) is 2. The molecule has 1 aliphatic rings. The number of carbonyl (C=O) groups is 2. The van der Waals surface area contributed by atoms with Crippen molar-refractivity contribution in [2.75, 3.05) is 10.6 Å². The van der Waals surface area contributed by atoms with Crippen LogP contribution in [0.1, 0.15) is 44.7 Å². The normalized spacial score (nSPS) is 15.2. The number of hydrogen-bond acceptors (Lipinski definition) is 2. The second-order valence-electron chi connectivity index (χ2n) is 8.18. The average Bonchev–Trinajstić information content (AvgIpc) is 3.38. The third-order valence-electron chi connectivity index (χ3n) is 4.94. The van der Waals surface area contributed by atoms with Crippen LogP contribution in [-0.4, -0.2) is 11.8 Å². The van der Waals surface area contributed by atoms with Crippen LogP contribution in [0.2, 0.25) is 0 Å². The van der Waals surface area contributed by atoms with Crippen molar-refractivity contribution in [2.45, 2.75) is 46.0 Å². The summed E-state index contributed by atoms with van der Waals surface area (Å²) in [4.78, 5) is 25.3. The van der Waals surface area contributed by atoms with E-state index in [1.54, 1.807) is 0 Å². The fourth-order valence-corrected chi connectivity index (χ4v) is 2.87. The van der Waals surface area contributed by atoms with Gasteiger partial charge >= 0.3 is 0 Å². The van der Waals surface area contributed by atoms with Crippen LogP contribution in [0.5, 0.6) is 0 Å². The van der Waals surface area contributed by atoms with Crippen LogP contribution in [0.3, 0.4) is 0 Å². The zero-order chi connectivity index (χ0) is 18.9. The van der Waals surface area contributed by atoms with Gasteiger partial charge in [-0.05, 0) is 55.0 Å². The Balaban J connectivity index is 1.67. The third-order valence-corrected chi connectivity index (χ3v) is 4.94. The van der Waals surface area contributed by atoms with Crippen LogP contribution in [0.15, 0.2) is 48.5 Å². The van der Waals surface area contributed by atoms with Gasteiger partial charge in [0, 0.05) is 11.4 Å². The van der Waals surface area contributed by atoms with Gasteiger partial charge in [0.15, 0.2) is 0 Å². The number of anilines is 2. The number of hydrogen-bond donors (Lipinski definition) is 2. The fourth-order valence-electron chi connectivity index (χ4n) is 2.87. The summed E-state index contributed by atoms with van der Waals surface area (Å²) in [7, 11) is 0. The van der Waals surface area contributed by atoms with E-state index >= 15 is 0 Å². The monoisotopic (exact) mass is 350 g/mol. The summed E-state index contributed by atoms with van der Waals surface area (Å²) in [5.74, 6) is -0.462. The minimum absolute atomic E-state index is 0.0637. The van der Waals surface area contributed by atoms with Crippen molar-refractivity contribution in [3.8, 4) is 0 Å². The zero-order valence-corrected chi connectivity index (χ0v) is 15.8. The number of amides is 2. The van der Waals surface area contributed by atoms with Crippen LogP contribution < -0.4 is 10.6 Å². The molecule has 26 heavy (non-hydrogen) atoms. The highest BCUT2D eigenvalue weighted by molar-refractivity contribution is 6.16. The largest absolute Gasteiger partial charge is 0.325 e. The SMILES string of the molecule is Cc1ccc(NC(=O)C2(C(=O)Nc3ccc(C(C)(C)C)cc3)CC2)cc1. The van der Waals surface area contributed by atoms with Crippen molar-refractivity contribution in [1.82, 2.24) is 0 Å². The predicted octanol–water partition coefficient (Wildman–Crippen LogP) is 4.65. The number of carbonyl (C=O) groups excluding carboxylic acids is 2. The van der Waals surface area contributed by atoms with E-state index in [0.717, 1.165) is 11.3 Å². The molecule has 4 heteroatoms. The molecule has 4 nitrogen and oxygen atoms in total. The van der Waals surface area contributed by atoms with Crippen molar-refractivity contribution < 1.29 is 9.59 Å². The van der Waals surface area contributed by atoms with Gasteiger partial charge in [0.1, 0.15) is 5.41 Å². The van der Waals surface area contributed by atoms with Crippen LogP contribution in [0.25, 0.3) is 0 Å². The molecule has 0 radical (unpaired) electrons. The van der Waals surface area contributed by atoms with Crippen molar-refractivity contribution >= 4 is 23.2 Å². The first-order valence-electron chi connectivity index (χ1n) is 9.01. The molecule has 0 unspecified atom stereocenters. The van der Waals surface area contributed by atoms with Crippen LogP contribution >= 0.6 is 0 Å². The third kappa shape index (κ3) is 3.79. The lowest BCUT2D eigenvalue weighted by atomic mass is 9.87. The molecule has 2 N–H and O–H groups in total. The summed E-state index contributed by atoms with van der Waals surface area (Å²) in [6.45, 7) is 8.44. The average molecular weight is 350 g/mol. The summed E-state index contributed by atoms with van der Waals surface area (Å²) in [6, 6.07) is 15.4. The summed E-state index contributed by atoms with van der Waals surface area (Å²) in [5.41, 5.74) is 2.88. The summed E-state index contributed by atoms with van der Waals surface area (Å²) in [5, 5.41) is 5.77. The highest BCUT2D eigenvalue weighted by Gasteiger charge is 2.56. The molecule has 1 aliphatic carbocycles. The minimum Gasteiger partial charge on any atom is -0.325 e. The topological polar surface area (TPSA) is 58.2 Å². The standard InChI is InChI=1S/C22H26N2O2/c1-15-5-9-17(10-6-15)23-19(25)22(13-14-22)20(26)24-18-11-7-16(8-12-18)21(2,3)4/h5-12H,13-14H2,1-4H3,(H,23,25)(H,24,26). The molecule has 2 amide bonds. The number of rotatable bonds is 4. The van der Waals surface area contributed by atoms with Gasteiger partial charge in [-0.2, -0.15) is 0 Å². The molecule has 0 aliphatic heterocycles. The van der Waals surface area contributed by atoms with Gasteiger partial charge in [-0.3, -0.25) is 9.59 Å². The van der Waals surface area contributed by atoms with Gasteiger partial charge in [-0.1, -0.05) is 50.6 Å². The van der Waals surface area contributed by atoms with E-state index in [9.17, 15) is 9.59 Å². The lowest BCUT2D eigenvalue weighted by Gasteiger charge is -2.20. The summed E-state index contributed by atoms with van der Waals surface area (Å²) in [6.07, 6.45) is 1.16. The van der Waals surface area contributed by atoms with Crippen molar-refractivity contribution in [2.24, 2.45) is 5.41 Å². The van der Waals surface area contributed by atoms with E-state index in [1.165, 1.54) is 5.56 Å². The Bertz CT molecular complexity index is 811. The number of aryl methyl sites for hydroxylation is 1. The van der Waals surface area contributed by atoms with Gasteiger partial charge in [0.2, 0.25) is 11.8 Å². The lowest BCUT2D eigenvalue weighted by molar-refractivity contribution is -0.131. The van der Waals surface area contributed by atoms with Gasteiger partial charge in [-0.15, -0.1) is 0 Å². The highest BCUT2D eigenvalue weighted by atomic mass is 16.2. The van der Waals surface area contributed by atoms with Crippen LogP contribution in [-0.2, 0) is 15.0 Å². The smallest absolute Gasteiger partial charge is 0.240 e. The first-order chi connectivity index (χ1) is 12.2. The Morgan fingerprint density at radius 1 is 0.808 bits per heavy atom. The molecule has 3 rings (SSSR count). The maximum atomic E-state index is 12.7. The van der Waals surface area contributed by atoms with Crippen molar-refractivity contribution in [1.29, 1.82) is 0 Å². The van der Waals surface area contributed by atoms with E-state index in [-0.39, 0.29) is 17.2 Å². The first-order valence-corrected chi connectivity index (χ1v) is 9.01. The first kappa shape index (κ1) is 18.2. The van der Waals surface area contributed by atoms with Crippen LogP contribution in [0, 0.1) is 12.3 Å². The minimum atomic E-state index is -0.951. The summed E-state index contributed by atoms with van der Waals surface area (Å²) >= 11 is 0. The molecule has 0 heterocycles. The summed E-state index contributed by atoms with van der Waals surface area (Å²) < 4.78 is 0. The van der Waals surface area contributed by atoms with E-state index in [2.05, 4.69) is 31.4 Å².